The minimum Gasteiger partial charge on any atom is -0.380 e. The Morgan fingerprint density at radius 2 is 2.08 bits per heavy atom. The van der Waals surface area contributed by atoms with Gasteiger partial charge in [0, 0.05) is 6.54 Å². The molecule has 1 fully saturated rings. The molecule has 13 heavy (non-hydrogen) atoms. The van der Waals surface area contributed by atoms with Crippen molar-refractivity contribution in [1.29, 1.82) is 0 Å². The van der Waals surface area contributed by atoms with E-state index in [1.807, 2.05) is 0 Å². The summed E-state index contributed by atoms with van der Waals surface area (Å²) in [6.07, 6.45) is 2.72. The first-order valence-corrected chi connectivity index (χ1v) is 5.33. The van der Waals surface area contributed by atoms with Crippen molar-refractivity contribution >= 4 is 0 Å². The molecule has 0 aromatic carbocycles. The summed E-state index contributed by atoms with van der Waals surface area (Å²) >= 11 is 0. The van der Waals surface area contributed by atoms with Crippen molar-refractivity contribution in [3.63, 3.8) is 0 Å². The molecule has 0 radical (unpaired) electrons. The second kappa shape index (κ2) is 6.35. The van der Waals surface area contributed by atoms with Gasteiger partial charge >= 0.3 is 0 Å². The number of ether oxygens (including phenoxy) is 1. The number of nitrogens with two attached hydrogens (primary N) is 1. The van der Waals surface area contributed by atoms with Gasteiger partial charge in [-0.25, -0.2) is 0 Å². The number of nitrogens with zero attached hydrogens (tertiary/aromatic N) is 1. The van der Waals surface area contributed by atoms with E-state index in [0.717, 1.165) is 26.3 Å². The molecule has 1 saturated heterocycles. The molecule has 0 aromatic rings. The molecular formula is C10H22N2O. The molecule has 1 rings (SSSR count). The van der Waals surface area contributed by atoms with E-state index in [2.05, 4.69) is 11.8 Å². The molecule has 0 saturated carbocycles. The molecule has 1 heterocycles. The lowest BCUT2D eigenvalue weighted by molar-refractivity contribution is 0.0889. The third-order valence-corrected chi connectivity index (χ3v) is 2.56. The fraction of sp³-hybridized carbons (Fsp3) is 1.00. The standard InChI is InChI=1S/C10H22N2O/c1-10(8-11)9-13-7-6-12-4-2-3-5-12/h10H,2-9,11H2,1H3. The molecule has 1 aliphatic heterocycles. The third-order valence-electron chi connectivity index (χ3n) is 2.56. The first kappa shape index (κ1) is 11.0. The minimum absolute atomic E-state index is 0.499. The molecule has 1 aliphatic rings. The minimum atomic E-state index is 0.499. The number of hydrogen-bond donors (Lipinski definition) is 1. The van der Waals surface area contributed by atoms with Crippen LogP contribution in [0.2, 0.25) is 0 Å². The fourth-order valence-corrected chi connectivity index (χ4v) is 1.55. The van der Waals surface area contributed by atoms with Crippen LogP contribution < -0.4 is 5.73 Å². The highest BCUT2D eigenvalue weighted by atomic mass is 16.5. The van der Waals surface area contributed by atoms with Gasteiger partial charge in [-0.15, -0.1) is 0 Å². The number of rotatable bonds is 6. The highest BCUT2D eigenvalue weighted by Gasteiger charge is 2.10. The summed E-state index contributed by atoms with van der Waals surface area (Å²) in [5, 5.41) is 0. The van der Waals surface area contributed by atoms with Gasteiger partial charge in [0.1, 0.15) is 0 Å². The highest BCUT2D eigenvalue weighted by Crippen LogP contribution is 2.06. The molecule has 0 aromatic heterocycles. The van der Waals surface area contributed by atoms with Crippen LogP contribution in [-0.2, 0) is 4.74 Å². The van der Waals surface area contributed by atoms with Gasteiger partial charge in [0.15, 0.2) is 0 Å². The normalized spacial score (nSPS) is 20.8. The van der Waals surface area contributed by atoms with E-state index in [4.69, 9.17) is 10.5 Å². The molecule has 78 valence electrons. The van der Waals surface area contributed by atoms with Gasteiger partial charge in [-0.1, -0.05) is 6.92 Å². The average molecular weight is 186 g/mol. The fourth-order valence-electron chi connectivity index (χ4n) is 1.55. The molecule has 3 heteroatoms. The Hall–Kier alpha value is -0.120. The molecule has 0 bridgehead atoms. The van der Waals surface area contributed by atoms with Crippen molar-refractivity contribution in [1.82, 2.24) is 4.90 Å². The van der Waals surface area contributed by atoms with Gasteiger partial charge in [0.25, 0.3) is 0 Å². The summed E-state index contributed by atoms with van der Waals surface area (Å²) in [7, 11) is 0. The number of hydrogen-bond acceptors (Lipinski definition) is 3. The second-order valence-electron chi connectivity index (χ2n) is 3.96. The number of likely N-dealkylation sites (tertiary alicyclic amines) is 1. The zero-order valence-corrected chi connectivity index (χ0v) is 8.67. The van der Waals surface area contributed by atoms with E-state index >= 15 is 0 Å². The van der Waals surface area contributed by atoms with Crippen LogP contribution in [0.15, 0.2) is 0 Å². The van der Waals surface area contributed by atoms with E-state index in [0.29, 0.717) is 5.92 Å². The Morgan fingerprint density at radius 3 is 2.69 bits per heavy atom. The topological polar surface area (TPSA) is 38.5 Å². The van der Waals surface area contributed by atoms with Crippen LogP contribution >= 0.6 is 0 Å². The van der Waals surface area contributed by atoms with Crippen molar-refractivity contribution in [2.24, 2.45) is 11.7 Å². The Morgan fingerprint density at radius 1 is 1.38 bits per heavy atom. The average Bonchev–Trinajstić information content (AvgIpc) is 2.64. The predicted molar refractivity (Wildman–Crippen MR) is 54.7 cm³/mol. The second-order valence-corrected chi connectivity index (χ2v) is 3.96. The molecule has 1 unspecified atom stereocenters. The smallest absolute Gasteiger partial charge is 0.0593 e. The summed E-state index contributed by atoms with van der Waals surface area (Å²) in [5.74, 6) is 0.499. The van der Waals surface area contributed by atoms with Crippen molar-refractivity contribution in [2.45, 2.75) is 19.8 Å². The third kappa shape index (κ3) is 4.60. The van der Waals surface area contributed by atoms with Gasteiger partial charge in [0.2, 0.25) is 0 Å². The maximum Gasteiger partial charge on any atom is 0.0593 e. The van der Waals surface area contributed by atoms with Gasteiger partial charge in [-0.05, 0) is 38.4 Å². The predicted octanol–water partition coefficient (Wildman–Crippen LogP) is 0.694. The van der Waals surface area contributed by atoms with E-state index < -0.39 is 0 Å². The van der Waals surface area contributed by atoms with Crippen molar-refractivity contribution < 1.29 is 4.74 Å². The molecule has 2 N–H and O–H groups in total. The van der Waals surface area contributed by atoms with E-state index in [-0.39, 0.29) is 0 Å². The largest absolute Gasteiger partial charge is 0.380 e. The summed E-state index contributed by atoms with van der Waals surface area (Å²) in [4.78, 5) is 2.47. The molecular weight excluding hydrogens is 164 g/mol. The monoisotopic (exact) mass is 186 g/mol. The summed E-state index contributed by atoms with van der Waals surface area (Å²) in [6.45, 7) is 8.14. The van der Waals surface area contributed by atoms with Crippen molar-refractivity contribution in [2.75, 3.05) is 39.4 Å². The van der Waals surface area contributed by atoms with Gasteiger partial charge in [0.05, 0.1) is 13.2 Å². The first-order chi connectivity index (χ1) is 6.33. The van der Waals surface area contributed by atoms with Crippen molar-refractivity contribution in [3.8, 4) is 0 Å². The zero-order chi connectivity index (χ0) is 9.52. The maximum atomic E-state index is 5.53. The Balaban J connectivity index is 1.88. The lowest BCUT2D eigenvalue weighted by atomic mass is 10.2. The van der Waals surface area contributed by atoms with Crippen LogP contribution in [0.4, 0.5) is 0 Å². The molecule has 0 amide bonds. The van der Waals surface area contributed by atoms with Crippen LogP contribution in [0, 0.1) is 5.92 Å². The summed E-state index contributed by atoms with van der Waals surface area (Å²) in [5.41, 5.74) is 5.49. The van der Waals surface area contributed by atoms with Crippen LogP contribution in [-0.4, -0.2) is 44.3 Å². The van der Waals surface area contributed by atoms with Gasteiger partial charge in [-0.3, -0.25) is 0 Å². The van der Waals surface area contributed by atoms with Crippen molar-refractivity contribution in [3.05, 3.63) is 0 Å². The SMILES string of the molecule is CC(CN)COCCN1CCCC1. The van der Waals surface area contributed by atoms with Crippen LogP contribution in [0.1, 0.15) is 19.8 Å². The lowest BCUT2D eigenvalue weighted by Gasteiger charge is -2.15. The summed E-state index contributed by atoms with van der Waals surface area (Å²) < 4.78 is 5.53. The first-order valence-electron chi connectivity index (χ1n) is 5.33. The zero-order valence-electron chi connectivity index (χ0n) is 8.67. The molecule has 1 atom stereocenters. The van der Waals surface area contributed by atoms with Gasteiger partial charge < -0.3 is 15.4 Å². The summed E-state index contributed by atoms with van der Waals surface area (Å²) in [6, 6.07) is 0. The van der Waals surface area contributed by atoms with Crippen LogP contribution in [0.25, 0.3) is 0 Å². The Kier molecular flexibility index (Phi) is 5.35. The van der Waals surface area contributed by atoms with Gasteiger partial charge in [-0.2, -0.15) is 0 Å². The van der Waals surface area contributed by atoms with E-state index in [1.165, 1.54) is 25.9 Å². The molecule has 0 aliphatic carbocycles. The quantitative estimate of drug-likeness (QED) is 0.620. The Bertz CT molecular complexity index is 124. The lowest BCUT2D eigenvalue weighted by Crippen LogP contribution is -2.25. The van der Waals surface area contributed by atoms with E-state index in [9.17, 15) is 0 Å². The molecule has 3 nitrogen and oxygen atoms in total. The highest BCUT2D eigenvalue weighted by molar-refractivity contribution is 4.65. The molecule has 0 spiro atoms. The Labute approximate surface area is 81.2 Å². The van der Waals surface area contributed by atoms with Crippen LogP contribution in [0.5, 0.6) is 0 Å². The maximum absolute atomic E-state index is 5.53. The van der Waals surface area contributed by atoms with E-state index in [1.54, 1.807) is 0 Å². The van der Waals surface area contributed by atoms with Crippen LogP contribution in [0.3, 0.4) is 0 Å².